The molecule has 158 valence electrons. The lowest BCUT2D eigenvalue weighted by atomic mass is 10.1. The number of benzene rings is 1. The zero-order valence-corrected chi connectivity index (χ0v) is 16.3. The summed E-state index contributed by atoms with van der Waals surface area (Å²) in [5.41, 5.74) is 5.85. The number of carbonyl (C=O) groups excluding carboxylic acids is 3. The Kier molecular flexibility index (Phi) is 10.4. The van der Waals surface area contributed by atoms with Crippen LogP contribution in [0.25, 0.3) is 0 Å². The van der Waals surface area contributed by atoms with Gasteiger partial charge < -0.3 is 26.6 Å². The van der Waals surface area contributed by atoms with Crippen molar-refractivity contribution in [3.63, 3.8) is 0 Å². The minimum Gasteiger partial charge on any atom is -0.480 e. The van der Waals surface area contributed by atoms with Gasteiger partial charge in [0.25, 0.3) is 0 Å². The molecule has 2 amide bonds. The van der Waals surface area contributed by atoms with E-state index in [0.29, 0.717) is 5.56 Å². The first-order chi connectivity index (χ1) is 13.7. The normalized spacial score (nSPS) is 12.4. The molecule has 29 heavy (non-hydrogen) atoms. The number of hydrogen-bond donors (Lipinski definition) is 5. The van der Waals surface area contributed by atoms with E-state index in [1.54, 1.807) is 30.3 Å². The van der Waals surface area contributed by atoms with Crippen molar-refractivity contribution >= 4 is 41.3 Å². The third kappa shape index (κ3) is 9.72. The number of rotatable bonds is 13. The van der Waals surface area contributed by atoms with Gasteiger partial charge >= 0.3 is 11.9 Å². The number of carboxylic acids is 2. The van der Waals surface area contributed by atoms with E-state index in [0.717, 1.165) is 11.8 Å². The topological polar surface area (TPSA) is 176 Å². The van der Waals surface area contributed by atoms with E-state index in [2.05, 4.69) is 10.6 Å². The van der Waals surface area contributed by atoms with Gasteiger partial charge in [-0.25, -0.2) is 0 Å². The average molecular weight is 425 g/mol. The zero-order chi connectivity index (χ0) is 21.8. The molecule has 0 spiro atoms. The number of amides is 2. The maximum absolute atomic E-state index is 12.2. The molecule has 11 heteroatoms. The van der Waals surface area contributed by atoms with Crippen LogP contribution < -0.4 is 16.4 Å². The van der Waals surface area contributed by atoms with Crippen LogP contribution >= 0.6 is 11.8 Å². The summed E-state index contributed by atoms with van der Waals surface area (Å²) < 4.78 is 0. The fourth-order valence-corrected chi connectivity index (χ4v) is 3.06. The van der Waals surface area contributed by atoms with Crippen LogP contribution in [0.1, 0.15) is 23.2 Å². The van der Waals surface area contributed by atoms with Gasteiger partial charge in [0.1, 0.15) is 18.6 Å². The summed E-state index contributed by atoms with van der Waals surface area (Å²) in [6, 6.07) is 6.25. The predicted molar refractivity (Wildman–Crippen MR) is 106 cm³/mol. The number of aliphatic carboxylic acids is 2. The smallest absolute Gasteiger partial charge is 0.322 e. The van der Waals surface area contributed by atoms with Crippen LogP contribution in [0, 0.1) is 0 Å². The SMILES string of the molecule is N[C@H](CCC(=O)N[C@@H](CSCC(=O)c1ccccc1)C(=O)NCC(=O)O)C(=O)O. The molecule has 0 fully saturated rings. The van der Waals surface area contributed by atoms with Crippen molar-refractivity contribution in [3.05, 3.63) is 35.9 Å². The molecule has 0 saturated heterocycles. The molecule has 0 unspecified atom stereocenters. The Labute approximate surface area is 171 Å². The van der Waals surface area contributed by atoms with Crippen LogP contribution in [0.4, 0.5) is 0 Å². The van der Waals surface area contributed by atoms with Crippen molar-refractivity contribution in [3.8, 4) is 0 Å². The summed E-state index contributed by atoms with van der Waals surface area (Å²) >= 11 is 1.11. The first-order valence-electron chi connectivity index (χ1n) is 8.64. The second-order valence-corrected chi connectivity index (χ2v) is 7.05. The number of ketones is 1. The van der Waals surface area contributed by atoms with Crippen molar-refractivity contribution in [1.82, 2.24) is 10.6 Å². The number of carboxylic acid groups (broad SMARTS) is 2. The summed E-state index contributed by atoms with van der Waals surface area (Å²) in [7, 11) is 0. The fraction of sp³-hybridized carbons (Fsp3) is 0.389. The van der Waals surface area contributed by atoms with Gasteiger partial charge in [-0.1, -0.05) is 30.3 Å². The van der Waals surface area contributed by atoms with Crippen molar-refractivity contribution < 1.29 is 34.2 Å². The highest BCUT2D eigenvalue weighted by Gasteiger charge is 2.23. The van der Waals surface area contributed by atoms with E-state index in [9.17, 15) is 24.0 Å². The minimum atomic E-state index is -1.25. The van der Waals surface area contributed by atoms with Crippen molar-refractivity contribution in [1.29, 1.82) is 0 Å². The fourth-order valence-electron chi connectivity index (χ4n) is 2.12. The lowest BCUT2D eigenvalue weighted by Gasteiger charge is -2.18. The first kappa shape index (κ1) is 24.1. The van der Waals surface area contributed by atoms with Crippen LogP contribution in [-0.2, 0) is 19.2 Å². The van der Waals surface area contributed by atoms with Crippen molar-refractivity contribution in [2.24, 2.45) is 5.73 Å². The van der Waals surface area contributed by atoms with Crippen LogP contribution in [0.15, 0.2) is 30.3 Å². The molecular formula is C18H23N3O7S. The number of carbonyl (C=O) groups is 5. The second kappa shape index (κ2) is 12.5. The molecule has 0 bridgehead atoms. The Morgan fingerprint density at radius 1 is 1.07 bits per heavy atom. The van der Waals surface area contributed by atoms with E-state index < -0.39 is 42.4 Å². The number of nitrogens with one attached hydrogen (secondary N) is 2. The Morgan fingerprint density at radius 2 is 1.72 bits per heavy atom. The largest absolute Gasteiger partial charge is 0.480 e. The molecule has 1 aromatic rings. The molecule has 2 atom stereocenters. The third-order valence-corrected chi connectivity index (χ3v) is 4.71. The van der Waals surface area contributed by atoms with Crippen LogP contribution in [0.5, 0.6) is 0 Å². The lowest BCUT2D eigenvalue weighted by molar-refractivity contribution is -0.139. The Balaban J connectivity index is 2.61. The van der Waals surface area contributed by atoms with E-state index in [4.69, 9.17) is 15.9 Å². The molecule has 0 aliphatic rings. The van der Waals surface area contributed by atoms with E-state index >= 15 is 0 Å². The van der Waals surface area contributed by atoms with E-state index in [1.807, 2.05) is 0 Å². The maximum Gasteiger partial charge on any atom is 0.322 e. The summed E-state index contributed by atoms with van der Waals surface area (Å²) in [6.45, 7) is -0.622. The Bertz CT molecular complexity index is 742. The highest BCUT2D eigenvalue weighted by molar-refractivity contribution is 8.00. The van der Waals surface area contributed by atoms with Crippen molar-refractivity contribution in [2.75, 3.05) is 18.1 Å². The van der Waals surface area contributed by atoms with Gasteiger partial charge in [0.05, 0.1) is 5.75 Å². The molecule has 6 N–H and O–H groups in total. The van der Waals surface area contributed by atoms with Gasteiger partial charge in [-0.05, 0) is 6.42 Å². The standard InChI is InChI=1S/C18H23N3O7S/c19-12(18(27)28)6-7-15(23)21-13(17(26)20-8-16(24)25)9-29-10-14(22)11-4-2-1-3-5-11/h1-5,12-13H,6-10,19H2,(H,20,26)(H,21,23)(H,24,25)(H,27,28)/t12-,13+/m1/s1. The molecular weight excluding hydrogens is 402 g/mol. The molecule has 0 radical (unpaired) electrons. The van der Waals surface area contributed by atoms with Crippen LogP contribution in [-0.4, -0.2) is 69.9 Å². The number of Topliss-reactive ketones (excluding diaryl/α,β-unsaturated/α-hetero) is 1. The molecule has 0 aliphatic carbocycles. The summed E-state index contributed by atoms with van der Waals surface area (Å²) in [5, 5.41) is 22.0. The number of hydrogen-bond acceptors (Lipinski definition) is 7. The van der Waals surface area contributed by atoms with Gasteiger partial charge in [-0.15, -0.1) is 0 Å². The van der Waals surface area contributed by atoms with Gasteiger partial charge in [0.15, 0.2) is 5.78 Å². The monoisotopic (exact) mass is 425 g/mol. The third-order valence-electron chi connectivity index (χ3n) is 3.68. The Morgan fingerprint density at radius 3 is 2.31 bits per heavy atom. The minimum absolute atomic E-state index is 0.0285. The quantitative estimate of drug-likeness (QED) is 0.260. The first-order valence-corrected chi connectivity index (χ1v) is 9.79. The summed E-state index contributed by atoms with van der Waals surface area (Å²) in [5.74, 6) is -3.88. The number of nitrogens with two attached hydrogens (primary N) is 1. The van der Waals surface area contributed by atoms with E-state index in [1.165, 1.54) is 0 Å². The Hall–Kier alpha value is -2.92. The second-order valence-electron chi connectivity index (χ2n) is 6.02. The zero-order valence-electron chi connectivity index (χ0n) is 15.5. The molecule has 1 aromatic carbocycles. The summed E-state index contributed by atoms with van der Waals surface area (Å²) in [4.78, 5) is 57.6. The van der Waals surface area contributed by atoms with E-state index in [-0.39, 0.29) is 30.1 Å². The average Bonchev–Trinajstić information content (AvgIpc) is 2.69. The number of thioether (sulfide) groups is 1. The predicted octanol–water partition coefficient (Wildman–Crippen LogP) is -0.520. The molecule has 0 aliphatic heterocycles. The molecule has 0 aromatic heterocycles. The van der Waals surface area contributed by atoms with Crippen LogP contribution in [0.2, 0.25) is 0 Å². The highest BCUT2D eigenvalue weighted by atomic mass is 32.2. The van der Waals surface area contributed by atoms with Crippen LogP contribution in [0.3, 0.4) is 0 Å². The van der Waals surface area contributed by atoms with Gasteiger partial charge in [0, 0.05) is 17.7 Å². The van der Waals surface area contributed by atoms with Gasteiger partial charge in [0.2, 0.25) is 11.8 Å². The summed E-state index contributed by atoms with van der Waals surface area (Å²) in [6.07, 6.45) is -0.339. The highest BCUT2D eigenvalue weighted by Crippen LogP contribution is 2.09. The van der Waals surface area contributed by atoms with Gasteiger partial charge in [-0.3, -0.25) is 24.0 Å². The van der Waals surface area contributed by atoms with Gasteiger partial charge in [-0.2, -0.15) is 11.8 Å². The lowest BCUT2D eigenvalue weighted by Crippen LogP contribution is -2.49. The molecule has 0 heterocycles. The molecule has 10 nitrogen and oxygen atoms in total. The molecule has 0 saturated carbocycles. The maximum atomic E-state index is 12.2. The van der Waals surface area contributed by atoms with Crippen molar-refractivity contribution in [2.45, 2.75) is 24.9 Å². The molecule has 1 rings (SSSR count).